The lowest BCUT2D eigenvalue weighted by molar-refractivity contribution is 0.0366. The number of rotatable bonds is 5. The highest BCUT2D eigenvalue weighted by Gasteiger charge is 2.21. The predicted molar refractivity (Wildman–Crippen MR) is 56.2 cm³/mol. The van der Waals surface area contributed by atoms with Crippen molar-refractivity contribution in [3.8, 4) is 0 Å². The van der Waals surface area contributed by atoms with E-state index in [2.05, 4.69) is 11.9 Å². The van der Waals surface area contributed by atoms with Gasteiger partial charge in [0.15, 0.2) is 0 Å². The van der Waals surface area contributed by atoms with Crippen LogP contribution in [0.4, 0.5) is 0 Å². The van der Waals surface area contributed by atoms with Crippen molar-refractivity contribution in [1.82, 2.24) is 4.90 Å². The van der Waals surface area contributed by atoms with Crippen LogP contribution in [0.2, 0.25) is 0 Å². The molecule has 1 aliphatic heterocycles. The minimum Gasteiger partial charge on any atom is -0.389 e. The van der Waals surface area contributed by atoms with Gasteiger partial charge < -0.3 is 9.84 Å². The van der Waals surface area contributed by atoms with Crippen molar-refractivity contribution in [2.45, 2.75) is 18.6 Å². The number of likely N-dealkylation sites (N-methyl/N-ethyl adjacent to an activating group) is 1. The number of methoxy groups -OCH3 is 1. The molecule has 3 nitrogen and oxygen atoms in total. The van der Waals surface area contributed by atoms with E-state index in [0.29, 0.717) is 12.6 Å². The first-order valence-corrected chi connectivity index (χ1v) is 5.84. The second-order valence-corrected chi connectivity index (χ2v) is 4.72. The zero-order valence-corrected chi connectivity index (χ0v) is 9.22. The van der Waals surface area contributed by atoms with E-state index in [1.54, 1.807) is 7.11 Å². The van der Waals surface area contributed by atoms with Crippen LogP contribution in [-0.2, 0) is 4.74 Å². The Balaban J connectivity index is 2.18. The second kappa shape index (κ2) is 5.86. The minimum atomic E-state index is -0.347. The maximum Gasteiger partial charge on any atom is 0.0900 e. The Hall–Kier alpha value is 0.230. The molecule has 4 heteroatoms. The Kier molecular flexibility index (Phi) is 5.09. The van der Waals surface area contributed by atoms with Crippen LogP contribution in [0.5, 0.6) is 0 Å². The van der Waals surface area contributed by atoms with Gasteiger partial charge >= 0.3 is 0 Å². The molecule has 0 aliphatic carbocycles. The fourth-order valence-corrected chi connectivity index (χ4v) is 2.89. The molecule has 1 aliphatic rings. The highest BCUT2D eigenvalue weighted by molar-refractivity contribution is 7.99. The summed E-state index contributed by atoms with van der Waals surface area (Å²) in [6.07, 6.45) is 0.904. The number of hydrogen-bond donors (Lipinski definition) is 1. The Morgan fingerprint density at radius 2 is 2.46 bits per heavy atom. The van der Waals surface area contributed by atoms with Crippen molar-refractivity contribution in [3.05, 3.63) is 0 Å². The molecule has 1 N–H and O–H groups in total. The summed E-state index contributed by atoms with van der Waals surface area (Å²) in [4.78, 5) is 2.24. The average molecular weight is 205 g/mol. The summed E-state index contributed by atoms with van der Waals surface area (Å²) in [5.74, 6) is 2.46. The van der Waals surface area contributed by atoms with E-state index in [4.69, 9.17) is 4.74 Å². The third-order valence-corrected chi connectivity index (χ3v) is 3.53. The van der Waals surface area contributed by atoms with Gasteiger partial charge in [0.25, 0.3) is 0 Å². The number of thioether (sulfide) groups is 1. The molecule has 0 aromatic rings. The molecule has 2 atom stereocenters. The van der Waals surface area contributed by atoms with Gasteiger partial charge in [-0.25, -0.2) is 0 Å². The van der Waals surface area contributed by atoms with Crippen molar-refractivity contribution < 1.29 is 9.84 Å². The van der Waals surface area contributed by atoms with E-state index in [9.17, 15) is 5.11 Å². The molecule has 2 unspecified atom stereocenters. The third kappa shape index (κ3) is 3.85. The van der Waals surface area contributed by atoms with Gasteiger partial charge in [0.1, 0.15) is 0 Å². The number of ether oxygens (including phenoxy) is 1. The normalized spacial score (nSPS) is 25.4. The van der Waals surface area contributed by atoms with Crippen molar-refractivity contribution in [1.29, 1.82) is 0 Å². The van der Waals surface area contributed by atoms with Crippen molar-refractivity contribution in [3.63, 3.8) is 0 Å². The molecule has 78 valence electrons. The first-order chi connectivity index (χ1) is 6.24. The SMILES string of the molecule is COCC(O)CN(C)C1CCSC1. The molecule has 13 heavy (non-hydrogen) atoms. The average Bonchev–Trinajstić information content (AvgIpc) is 2.55. The Morgan fingerprint density at radius 3 is 3.00 bits per heavy atom. The smallest absolute Gasteiger partial charge is 0.0900 e. The molecule has 1 heterocycles. The zero-order valence-electron chi connectivity index (χ0n) is 8.40. The summed E-state index contributed by atoms with van der Waals surface area (Å²) >= 11 is 2.00. The van der Waals surface area contributed by atoms with Crippen LogP contribution in [0.15, 0.2) is 0 Å². The molecule has 1 fully saturated rings. The van der Waals surface area contributed by atoms with Crippen LogP contribution in [0.3, 0.4) is 0 Å². The van der Waals surface area contributed by atoms with Crippen LogP contribution in [-0.4, -0.2) is 61.0 Å². The molecular formula is C9H19NO2S. The summed E-state index contributed by atoms with van der Waals surface area (Å²) < 4.78 is 4.89. The maximum atomic E-state index is 9.51. The van der Waals surface area contributed by atoms with Crippen LogP contribution in [0, 0.1) is 0 Å². The summed E-state index contributed by atoms with van der Waals surface area (Å²) in [5, 5.41) is 9.51. The lowest BCUT2D eigenvalue weighted by Gasteiger charge is -2.25. The minimum absolute atomic E-state index is 0.347. The molecule has 0 aromatic carbocycles. The van der Waals surface area contributed by atoms with Gasteiger partial charge in [-0.15, -0.1) is 0 Å². The number of nitrogens with zero attached hydrogens (tertiary/aromatic N) is 1. The first kappa shape index (κ1) is 11.3. The summed E-state index contributed by atoms with van der Waals surface area (Å²) in [5.41, 5.74) is 0. The highest BCUT2D eigenvalue weighted by Crippen LogP contribution is 2.21. The quantitative estimate of drug-likeness (QED) is 0.705. The number of hydrogen-bond acceptors (Lipinski definition) is 4. The van der Waals surface area contributed by atoms with E-state index in [1.165, 1.54) is 17.9 Å². The second-order valence-electron chi connectivity index (χ2n) is 3.57. The predicted octanol–water partition coefficient (Wildman–Crippen LogP) is 0.431. The molecule has 0 aromatic heterocycles. The lowest BCUT2D eigenvalue weighted by atomic mass is 10.2. The van der Waals surface area contributed by atoms with Gasteiger partial charge in [0, 0.05) is 25.4 Å². The maximum absolute atomic E-state index is 9.51. The van der Waals surface area contributed by atoms with Crippen LogP contribution in [0.1, 0.15) is 6.42 Å². The highest BCUT2D eigenvalue weighted by atomic mass is 32.2. The largest absolute Gasteiger partial charge is 0.389 e. The van der Waals surface area contributed by atoms with Crippen molar-refractivity contribution in [2.75, 3.05) is 38.8 Å². The molecule has 0 bridgehead atoms. The van der Waals surface area contributed by atoms with E-state index >= 15 is 0 Å². The van der Waals surface area contributed by atoms with Gasteiger partial charge in [-0.3, -0.25) is 4.90 Å². The Labute approximate surface area is 84.4 Å². The zero-order chi connectivity index (χ0) is 9.68. The Bertz CT molecular complexity index is 140. The van der Waals surface area contributed by atoms with Gasteiger partial charge in [-0.2, -0.15) is 11.8 Å². The topological polar surface area (TPSA) is 32.7 Å². The summed E-state index contributed by atoms with van der Waals surface area (Å²) in [6, 6.07) is 0.650. The van der Waals surface area contributed by atoms with E-state index in [-0.39, 0.29) is 6.10 Å². The lowest BCUT2D eigenvalue weighted by Crippen LogP contribution is -2.39. The van der Waals surface area contributed by atoms with E-state index in [1.807, 2.05) is 11.8 Å². The van der Waals surface area contributed by atoms with Gasteiger partial charge in [0.2, 0.25) is 0 Å². The summed E-state index contributed by atoms with van der Waals surface area (Å²) in [6.45, 7) is 1.16. The van der Waals surface area contributed by atoms with Crippen LogP contribution < -0.4 is 0 Å². The molecule has 1 saturated heterocycles. The molecule has 0 spiro atoms. The molecule has 0 radical (unpaired) electrons. The summed E-state index contributed by atoms with van der Waals surface area (Å²) in [7, 11) is 3.70. The Morgan fingerprint density at radius 1 is 1.69 bits per heavy atom. The fourth-order valence-electron chi connectivity index (χ4n) is 1.60. The monoisotopic (exact) mass is 205 g/mol. The van der Waals surface area contributed by atoms with Gasteiger partial charge in [-0.1, -0.05) is 0 Å². The first-order valence-electron chi connectivity index (χ1n) is 4.69. The third-order valence-electron chi connectivity index (χ3n) is 2.39. The number of aliphatic hydroxyl groups is 1. The molecule has 0 saturated carbocycles. The van der Waals surface area contributed by atoms with Crippen molar-refractivity contribution in [2.24, 2.45) is 0 Å². The number of aliphatic hydroxyl groups excluding tert-OH is 1. The van der Waals surface area contributed by atoms with Gasteiger partial charge in [0.05, 0.1) is 12.7 Å². The van der Waals surface area contributed by atoms with E-state index < -0.39 is 0 Å². The fraction of sp³-hybridized carbons (Fsp3) is 1.00. The van der Waals surface area contributed by atoms with E-state index in [0.717, 1.165) is 6.54 Å². The molecule has 0 amide bonds. The van der Waals surface area contributed by atoms with Gasteiger partial charge in [-0.05, 0) is 19.2 Å². The standard InChI is InChI=1S/C9H19NO2S/c1-10(5-9(11)6-12-2)8-3-4-13-7-8/h8-9,11H,3-7H2,1-2H3. The molecule has 1 rings (SSSR count). The van der Waals surface area contributed by atoms with Crippen LogP contribution in [0.25, 0.3) is 0 Å². The molecular weight excluding hydrogens is 186 g/mol. The van der Waals surface area contributed by atoms with Crippen LogP contribution >= 0.6 is 11.8 Å². The van der Waals surface area contributed by atoms with Crippen molar-refractivity contribution >= 4 is 11.8 Å².